The molecule has 0 aromatic rings. The van der Waals surface area contributed by atoms with Crippen molar-refractivity contribution in [1.29, 1.82) is 0 Å². The molecule has 0 spiro atoms. The Hall–Kier alpha value is -0.870. The molecule has 2 N–H and O–H groups in total. The van der Waals surface area contributed by atoms with Crippen LogP contribution in [0.4, 0.5) is 0 Å². The number of rotatable bonds is 0. The first-order valence-electron chi connectivity index (χ1n) is 8.27. The molecule has 8 nitrogen and oxygen atoms in total. The quantitative estimate of drug-likeness (QED) is 0.466. The molecule has 23 heavy (non-hydrogen) atoms. The highest BCUT2D eigenvalue weighted by Crippen LogP contribution is 2.41. The Bertz CT molecular complexity index is 576. The van der Waals surface area contributed by atoms with E-state index in [1.165, 1.54) is 74.2 Å². The molecule has 4 rings (SSSR count). The van der Waals surface area contributed by atoms with E-state index in [0.717, 1.165) is 0 Å². The second-order valence-electron chi connectivity index (χ2n) is 7.46. The van der Waals surface area contributed by atoms with Crippen LogP contribution in [0.5, 0.6) is 0 Å². The molecule has 9 heteroatoms. The van der Waals surface area contributed by atoms with Crippen LogP contribution in [0.25, 0.3) is 0 Å². The van der Waals surface area contributed by atoms with E-state index in [4.69, 9.17) is 17.5 Å². The zero-order chi connectivity index (χ0) is 16.9. The minimum atomic E-state index is -4.67. The molecule has 0 bridgehead atoms. The Balaban J connectivity index is 0.000000276. The van der Waals surface area contributed by atoms with Crippen molar-refractivity contribution in [3.63, 3.8) is 0 Å². The molecule has 2 fully saturated rings. The molecule has 0 saturated carbocycles. The van der Waals surface area contributed by atoms with Gasteiger partial charge in [-0.15, -0.1) is 0 Å². The fourth-order valence-electron chi connectivity index (χ4n) is 4.65. The molecule has 0 aromatic heterocycles. The van der Waals surface area contributed by atoms with Crippen LogP contribution < -0.4 is 0 Å². The monoisotopic (exact) mass is 348 g/mol. The van der Waals surface area contributed by atoms with E-state index < -0.39 is 10.4 Å². The topological polar surface area (TPSA) is 81.1 Å². The standard InChI is InChI=1S/C14H26N4.H2O4S/c1-17-9-3-5-15-8-12-18(2)10-4-6-16(7-11-17)14(18)13(15)17;1-5(2,3)4/h3-12H2,1-2H3;(H2,1,2,3,4)/q+2;. The lowest BCUT2D eigenvalue weighted by molar-refractivity contribution is -0.937. The summed E-state index contributed by atoms with van der Waals surface area (Å²) in [6.07, 6.45) is 2.74. The van der Waals surface area contributed by atoms with Gasteiger partial charge >= 0.3 is 10.4 Å². The summed E-state index contributed by atoms with van der Waals surface area (Å²) in [5.41, 5.74) is 0. The lowest BCUT2D eigenvalue weighted by Crippen LogP contribution is -2.71. The van der Waals surface area contributed by atoms with Gasteiger partial charge < -0.3 is 9.80 Å². The molecule has 4 aliphatic rings. The second kappa shape index (κ2) is 5.59. The summed E-state index contributed by atoms with van der Waals surface area (Å²) in [5, 5.41) is 0. The van der Waals surface area contributed by atoms with Gasteiger partial charge in [-0.05, 0) is 0 Å². The first-order valence-corrected chi connectivity index (χ1v) is 9.66. The Morgan fingerprint density at radius 3 is 1.48 bits per heavy atom. The molecule has 0 amide bonds. The van der Waals surface area contributed by atoms with E-state index in [0.29, 0.717) is 0 Å². The summed E-state index contributed by atoms with van der Waals surface area (Å²) >= 11 is 0. The third-order valence-electron chi connectivity index (χ3n) is 5.71. The first kappa shape index (κ1) is 17.0. The summed E-state index contributed by atoms with van der Waals surface area (Å²) in [7, 11) is 0.270. The van der Waals surface area contributed by atoms with Crippen LogP contribution in [-0.2, 0) is 10.4 Å². The van der Waals surface area contributed by atoms with Gasteiger partial charge in [0.1, 0.15) is 13.1 Å². The molecular formula is C14H28N4O4S+2. The maximum Gasteiger partial charge on any atom is 0.394 e. The lowest BCUT2D eigenvalue weighted by Gasteiger charge is -2.57. The molecular weight excluding hydrogens is 320 g/mol. The maximum atomic E-state index is 8.74. The van der Waals surface area contributed by atoms with E-state index in [2.05, 4.69) is 23.9 Å². The third-order valence-corrected chi connectivity index (χ3v) is 5.71. The smallest absolute Gasteiger partial charge is 0.316 e. The van der Waals surface area contributed by atoms with Crippen LogP contribution in [-0.4, -0.2) is 103 Å². The van der Waals surface area contributed by atoms with Gasteiger partial charge in [0.15, 0.2) is 0 Å². The average molecular weight is 348 g/mol. The predicted octanol–water partition coefficient (Wildman–Crippen LogP) is -0.208. The number of quaternary nitrogens is 2. The molecule has 132 valence electrons. The number of hydrogen-bond donors (Lipinski definition) is 2. The highest BCUT2D eigenvalue weighted by molar-refractivity contribution is 7.79. The van der Waals surface area contributed by atoms with Crippen molar-refractivity contribution in [2.75, 3.05) is 66.5 Å². The van der Waals surface area contributed by atoms with Crippen LogP contribution in [0.3, 0.4) is 0 Å². The predicted molar refractivity (Wildman–Crippen MR) is 85.4 cm³/mol. The van der Waals surface area contributed by atoms with E-state index >= 15 is 0 Å². The van der Waals surface area contributed by atoms with Crippen molar-refractivity contribution in [1.82, 2.24) is 9.80 Å². The van der Waals surface area contributed by atoms with Gasteiger partial charge in [0, 0.05) is 25.9 Å². The number of hydrogen-bond acceptors (Lipinski definition) is 4. The molecule has 0 aliphatic carbocycles. The van der Waals surface area contributed by atoms with Crippen LogP contribution in [0.2, 0.25) is 0 Å². The lowest BCUT2D eigenvalue weighted by atomic mass is 10.0. The van der Waals surface area contributed by atoms with Crippen LogP contribution in [0, 0.1) is 0 Å². The fourth-order valence-corrected chi connectivity index (χ4v) is 4.65. The normalized spacial score (nSPS) is 36.2. The summed E-state index contributed by atoms with van der Waals surface area (Å²) in [5.74, 6) is 3.36. The summed E-state index contributed by atoms with van der Waals surface area (Å²) < 4.78 is 34.0. The fraction of sp³-hybridized carbons (Fsp3) is 0.857. The van der Waals surface area contributed by atoms with Crippen molar-refractivity contribution in [3.05, 3.63) is 11.6 Å². The van der Waals surface area contributed by atoms with E-state index in [-0.39, 0.29) is 0 Å². The van der Waals surface area contributed by atoms with Crippen LogP contribution >= 0.6 is 0 Å². The highest BCUT2D eigenvalue weighted by atomic mass is 32.3. The zero-order valence-corrected chi connectivity index (χ0v) is 14.8. The van der Waals surface area contributed by atoms with Crippen molar-refractivity contribution in [3.8, 4) is 0 Å². The van der Waals surface area contributed by atoms with Gasteiger partial charge in [0.2, 0.25) is 0 Å². The SMILES string of the molecule is C[N+]12CCCN3CC[N+]4(C)CCCN(CC1)C4=C32.O=S(=O)(O)O. The van der Waals surface area contributed by atoms with Gasteiger partial charge in [0.05, 0.1) is 40.3 Å². The molecule has 2 unspecified atom stereocenters. The van der Waals surface area contributed by atoms with Crippen molar-refractivity contribution >= 4 is 10.4 Å². The Morgan fingerprint density at radius 1 is 0.783 bits per heavy atom. The van der Waals surface area contributed by atoms with Gasteiger partial charge in [-0.25, -0.2) is 0 Å². The van der Waals surface area contributed by atoms with Crippen LogP contribution in [0.15, 0.2) is 11.6 Å². The average Bonchev–Trinajstić information content (AvgIpc) is 2.43. The number of likely N-dealkylation sites (N-methyl/N-ethyl adjacent to an activating group) is 2. The summed E-state index contributed by atoms with van der Waals surface area (Å²) in [4.78, 5) is 5.41. The van der Waals surface area contributed by atoms with E-state index in [9.17, 15) is 0 Å². The molecule has 4 aliphatic heterocycles. The van der Waals surface area contributed by atoms with Gasteiger partial charge in [-0.1, -0.05) is 0 Å². The number of nitrogens with zero attached hydrogens (tertiary/aromatic N) is 4. The highest BCUT2D eigenvalue weighted by Gasteiger charge is 2.54. The van der Waals surface area contributed by atoms with E-state index in [1.54, 1.807) is 11.6 Å². The minimum absolute atomic E-state index is 1.21. The Morgan fingerprint density at radius 2 is 1.13 bits per heavy atom. The maximum absolute atomic E-state index is 8.74. The molecule has 0 radical (unpaired) electrons. The zero-order valence-electron chi connectivity index (χ0n) is 14.0. The molecule has 4 heterocycles. The Kier molecular flexibility index (Phi) is 4.13. The summed E-state index contributed by atoms with van der Waals surface area (Å²) in [6.45, 7) is 10.5. The molecule has 2 atom stereocenters. The van der Waals surface area contributed by atoms with Crippen molar-refractivity contribution in [2.45, 2.75) is 12.8 Å². The van der Waals surface area contributed by atoms with Crippen molar-refractivity contribution < 1.29 is 26.5 Å². The van der Waals surface area contributed by atoms with Gasteiger partial charge in [0.25, 0.3) is 11.6 Å². The molecule has 0 aromatic carbocycles. The van der Waals surface area contributed by atoms with Crippen LogP contribution in [0.1, 0.15) is 12.8 Å². The van der Waals surface area contributed by atoms with Gasteiger partial charge in [-0.2, -0.15) is 8.42 Å². The second-order valence-corrected chi connectivity index (χ2v) is 8.36. The van der Waals surface area contributed by atoms with Crippen molar-refractivity contribution in [2.24, 2.45) is 0 Å². The largest absolute Gasteiger partial charge is 0.394 e. The van der Waals surface area contributed by atoms with E-state index in [1.807, 2.05) is 0 Å². The summed E-state index contributed by atoms with van der Waals surface area (Å²) in [6, 6.07) is 0. The first-order chi connectivity index (χ1) is 10.6. The van der Waals surface area contributed by atoms with Gasteiger partial charge in [-0.3, -0.25) is 18.1 Å². The third kappa shape index (κ3) is 3.20. The minimum Gasteiger partial charge on any atom is -0.316 e. The Labute approximate surface area is 138 Å². The molecule has 2 saturated heterocycles.